The van der Waals surface area contributed by atoms with Gasteiger partial charge in [-0.2, -0.15) is 0 Å². The molecule has 0 aliphatic rings. The number of fused-ring (bicyclic) bond motifs is 1. The van der Waals surface area contributed by atoms with Crippen molar-refractivity contribution in [3.63, 3.8) is 0 Å². The van der Waals surface area contributed by atoms with Gasteiger partial charge in [0.1, 0.15) is 5.75 Å². The third-order valence-corrected chi connectivity index (χ3v) is 4.23. The van der Waals surface area contributed by atoms with E-state index < -0.39 is 0 Å². The molecule has 0 atom stereocenters. The van der Waals surface area contributed by atoms with Crippen LogP contribution in [0.2, 0.25) is 0 Å². The molecule has 0 saturated heterocycles. The molecule has 0 aliphatic heterocycles. The van der Waals surface area contributed by atoms with E-state index in [4.69, 9.17) is 15.2 Å². The minimum atomic E-state index is 0.156. The number of hydrogen-bond acceptors (Lipinski definition) is 6. The number of anilines is 1. The second-order valence-corrected chi connectivity index (χ2v) is 6.13. The van der Waals surface area contributed by atoms with Crippen molar-refractivity contribution in [2.75, 3.05) is 18.9 Å². The van der Waals surface area contributed by atoms with E-state index in [1.165, 1.54) is 0 Å². The lowest BCUT2D eigenvalue weighted by Gasteiger charge is -2.14. The highest BCUT2D eigenvalue weighted by Gasteiger charge is 2.15. The van der Waals surface area contributed by atoms with Crippen LogP contribution in [0.25, 0.3) is 22.2 Å². The first kappa shape index (κ1) is 17.3. The molecule has 0 spiro atoms. The largest absolute Gasteiger partial charge is 0.507 e. The van der Waals surface area contributed by atoms with Crippen molar-refractivity contribution in [1.82, 2.24) is 9.97 Å². The predicted molar refractivity (Wildman–Crippen MR) is 101 cm³/mol. The van der Waals surface area contributed by atoms with Gasteiger partial charge in [0.2, 0.25) is 5.95 Å². The van der Waals surface area contributed by atoms with Gasteiger partial charge in [-0.25, -0.2) is 9.97 Å². The number of nitrogens with two attached hydrogens (primary N) is 1. The molecular weight excluding hydrogens is 386 g/mol. The molecule has 7 heteroatoms. The molecule has 130 valence electrons. The molecule has 3 N–H and O–H groups in total. The summed E-state index contributed by atoms with van der Waals surface area (Å²) in [5.74, 6) is 1.57. The SMILES string of the molecule is CCOc1cc2nc(N)nc(-c3ccc(O)c(Br)c3)c2cc1OCC. The van der Waals surface area contributed by atoms with Gasteiger partial charge in [0, 0.05) is 17.0 Å². The molecule has 0 fully saturated rings. The Labute approximate surface area is 153 Å². The molecule has 1 aromatic heterocycles. The Hall–Kier alpha value is -2.54. The fraction of sp³-hybridized carbons (Fsp3) is 0.222. The van der Waals surface area contributed by atoms with Crippen LogP contribution in [-0.4, -0.2) is 28.3 Å². The molecule has 3 rings (SSSR count). The molecule has 0 amide bonds. The summed E-state index contributed by atoms with van der Waals surface area (Å²) in [6, 6.07) is 8.83. The summed E-state index contributed by atoms with van der Waals surface area (Å²) in [5.41, 5.74) is 8.02. The highest BCUT2D eigenvalue weighted by Crippen LogP contribution is 2.37. The zero-order valence-corrected chi connectivity index (χ0v) is 15.5. The maximum absolute atomic E-state index is 9.73. The van der Waals surface area contributed by atoms with E-state index in [-0.39, 0.29) is 11.7 Å². The fourth-order valence-electron chi connectivity index (χ4n) is 2.57. The zero-order chi connectivity index (χ0) is 18.0. The molecular formula is C18H18BrN3O3. The Morgan fingerprint density at radius 1 is 1.04 bits per heavy atom. The van der Waals surface area contributed by atoms with E-state index in [2.05, 4.69) is 25.9 Å². The van der Waals surface area contributed by atoms with Gasteiger partial charge in [-0.1, -0.05) is 0 Å². The summed E-state index contributed by atoms with van der Waals surface area (Å²) in [4.78, 5) is 8.70. The molecule has 0 bridgehead atoms. The van der Waals surface area contributed by atoms with E-state index in [0.29, 0.717) is 40.4 Å². The van der Waals surface area contributed by atoms with E-state index >= 15 is 0 Å². The monoisotopic (exact) mass is 403 g/mol. The molecule has 0 saturated carbocycles. The molecule has 0 unspecified atom stereocenters. The van der Waals surface area contributed by atoms with Crippen LogP contribution < -0.4 is 15.2 Å². The molecule has 25 heavy (non-hydrogen) atoms. The molecule has 0 aliphatic carbocycles. The summed E-state index contributed by atoms with van der Waals surface area (Å²) < 4.78 is 11.9. The van der Waals surface area contributed by atoms with Crippen LogP contribution in [0.1, 0.15) is 13.8 Å². The van der Waals surface area contributed by atoms with Crippen molar-refractivity contribution in [3.05, 3.63) is 34.8 Å². The maximum Gasteiger partial charge on any atom is 0.221 e. The first-order valence-corrected chi connectivity index (χ1v) is 8.68. The standard InChI is InChI=1S/C18H18BrN3O3/c1-3-24-15-8-11-13(9-16(15)25-4-2)21-18(20)22-17(11)10-5-6-14(23)12(19)7-10/h5-9,23H,3-4H2,1-2H3,(H2,20,21,22). The lowest BCUT2D eigenvalue weighted by Crippen LogP contribution is -2.02. The third kappa shape index (κ3) is 3.46. The number of nitrogens with zero attached hydrogens (tertiary/aromatic N) is 2. The average molecular weight is 404 g/mol. The van der Waals surface area contributed by atoms with Gasteiger partial charge >= 0.3 is 0 Å². The van der Waals surface area contributed by atoms with Crippen molar-refractivity contribution in [3.8, 4) is 28.5 Å². The zero-order valence-electron chi connectivity index (χ0n) is 13.9. The van der Waals surface area contributed by atoms with Crippen molar-refractivity contribution >= 4 is 32.8 Å². The topological polar surface area (TPSA) is 90.5 Å². The van der Waals surface area contributed by atoms with Gasteiger partial charge in [-0.05, 0) is 54.0 Å². The Morgan fingerprint density at radius 3 is 2.36 bits per heavy atom. The Kier molecular flexibility index (Phi) is 4.94. The number of aromatic nitrogens is 2. The molecule has 6 nitrogen and oxygen atoms in total. The van der Waals surface area contributed by atoms with E-state index in [0.717, 1.165) is 10.9 Å². The molecule has 2 aromatic carbocycles. The van der Waals surface area contributed by atoms with Gasteiger partial charge in [-0.3, -0.25) is 0 Å². The summed E-state index contributed by atoms with van der Waals surface area (Å²) in [6.07, 6.45) is 0. The minimum Gasteiger partial charge on any atom is -0.507 e. The summed E-state index contributed by atoms with van der Waals surface area (Å²) in [7, 11) is 0. The second kappa shape index (κ2) is 7.14. The predicted octanol–water partition coefficient (Wildman–Crippen LogP) is 4.14. The number of nitrogen functional groups attached to an aromatic ring is 1. The quantitative estimate of drug-likeness (QED) is 0.664. The minimum absolute atomic E-state index is 0.156. The van der Waals surface area contributed by atoms with Gasteiger partial charge in [-0.15, -0.1) is 0 Å². The molecule has 0 radical (unpaired) electrons. The number of aromatic hydroxyl groups is 1. The van der Waals surface area contributed by atoms with Crippen LogP contribution in [0.5, 0.6) is 17.2 Å². The van der Waals surface area contributed by atoms with Crippen molar-refractivity contribution in [1.29, 1.82) is 0 Å². The summed E-state index contributed by atoms with van der Waals surface area (Å²) >= 11 is 3.33. The fourth-order valence-corrected chi connectivity index (χ4v) is 2.94. The van der Waals surface area contributed by atoms with Gasteiger partial charge in [0.15, 0.2) is 11.5 Å². The number of rotatable bonds is 5. The maximum atomic E-state index is 9.73. The second-order valence-electron chi connectivity index (χ2n) is 5.28. The third-order valence-electron chi connectivity index (χ3n) is 3.60. The number of benzene rings is 2. The van der Waals surface area contributed by atoms with Gasteiger partial charge < -0.3 is 20.3 Å². The summed E-state index contributed by atoms with van der Waals surface area (Å²) in [6.45, 7) is 4.86. The van der Waals surface area contributed by atoms with Crippen LogP contribution in [0.4, 0.5) is 5.95 Å². The Balaban J connectivity index is 2.27. The average Bonchev–Trinajstić information content (AvgIpc) is 2.58. The van der Waals surface area contributed by atoms with Crippen LogP contribution in [0.3, 0.4) is 0 Å². The highest BCUT2D eigenvalue weighted by atomic mass is 79.9. The normalized spacial score (nSPS) is 10.8. The number of ether oxygens (including phenoxy) is 2. The summed E-state index contributed by atoms with van der Waals surface area (Å²) in [5, 5.41) is 10.5. The van der Waals surface area contributed by atoms with Crippen LogP contribution in [-0.2, 0) is 0 Å². The Bertz CT molecular complexity index is 931. The van der Waals surface area contributed by atoms with Crippen LogP contribution in [0.15, 0.2) is 34.8 Å². The molecule has 1 heterocycles. The smallest absolute Gasteiger partial charge is 0.221 e. The highest BCUT2D eigenvalue weighted by molar-refractivity contribution is 9.10. The van der Waals surface area contributed by atoms with Crippen molar-refractivity contribution in [2.24, 2.45) is 0 Å². The van der Waals surface area contributed by atoms with Crippen LogP contribution in [0, 0.1) is 0 Å². The lowest BCUT2D eigenvalue weighted by molar-refractivity contribution is 0.288. The van der Waals surface area contributed by atoms with Crippen LogP contribution >= 0.6 is 15.9 Å². The number of halogens is 1. The molecule has 3 aromatic rings. The number of hydrogen-bond donors (Lipinski definition) is 2. The first-order valence-electron chi connectivity index (χ1n) is 7.89. The number of phenols is 1. The number of phenolic OH excluding ortho intramolecular Hbond substituents is 1. The van der Waals surface area contributed by atoms with Gasteiger partial charge in [0.25, 0.3) is 0 Å². The van der Waals surface area contributed by atoms with E-state index in [1.54, 1.807) is 24.3 Å². The van der Waals surface area contributed by atoms with Gasteiger partial charge in [0.05, 0.1) is 28.9 Å². The first-order chi connectivity index (χ1) is 12.0. The lowest BCUT2D eigenvalue weighted by atomic mass is 10.1. The van der Waals surface area contributed by atoms with Crippen molar-refractivity contribution in [2.45, 2.75) is 13.8 Å². The van der Waals surface area contributed by atoms with E-state index in [9.17, 15) is 5.11 Å². The van der Waals surface area contributed by atoms with Crippen molar-refractivity contribution < 1.29 is 14.6 Å². The van der Waals surface area contributed by atoms with E-state index in [1.807, 2.05) is 19.9 Å². The Morgan fingerprint density at radius 2 is 1.72 bits per heavy atom.